The van der Waals surface area contributed by atoms with Gasteiger partial charge < -0.3 is 19.6 Å². The van der Waals surface area contributed by atoms with Gasteiger partial charge in [0.25, 0.3) is 0 Å². The highest BCUT2D eigenvalue weighted by Crippen LogP contribution is 2.51. The molecule has 0 aliphatic carbocycles. The third-order valence-electron chi connectivity index (χ3n) is 1.91. The van der Waals surface area contributed by atoms with Crippen LogP contribution < -0.4 is 5.32 Å². The second kappa shape index (κ2) is 3.44. The summed E-state index contributed by atoms with van der Waals surface area (Å²) in [6.07, 6.45) is 0.167. The largest absolute Gasteiger partial charge is 0.342 e. The van der Waals surface area contributed by atoms with Crippen molar-refractivity contribution in [3.63, 3.8) is 0 Å². The Morgan fingerprint density at radius 2 is 1.23 bits per heavy atom. The Bertz CT molecular complexity index is 252. The monoisotopic (exact) mass is 231 g/mol. The molecule has 13 heavy (non-hydrogen) atoms. The predicted molar refractivity (Wildman–Crippen MR) is 44.0 cm³/mol. The van der Waals surface area contributed by atoms with Gasteiger partial charge in [0.15, 0.2) is 0 Å². The molecule has 5 N–H and O–H groups in total. The van der Waals surface area contributed by atoms with Crippen molar-refractivity contribution in [3.05, 3.63) is 0 Å². The molecule has 0 aromatic heterocycles. The third kappa shape index (κ3) is 2.86. The highest BCUT2D eigenvalue weighted by molar-refractivity contribution is 7.53. The van der Waals surface area contributed by atoms with Crippen molar-refractivity contribution in [1.29, 1.82) is 0 Å². The number of hydrogen-bond acceptors (Lipinski definition) is 3. The van der Waals surface area contributed by atoms with Gasteiger partial charge in [0.1, 0.15) is 11.6 Å². The van der Waals surface area contributed by atoms with Gasteiger partial charge in [-0.1, -0.05) is 0 Å². The smallest absolute Gasteiger partial charge is 0.323 e. The van der Waals surface area contributed by atoms with Crippen molar-refractivity contribution in [3.8, 4) is 0 Å². The zero-order valence-corrected chi connectivity index (χ0v) is 8.36. The normalized spacial score (nSPS) is 30.8. The summed E-state index contributed by atoms with van der Waals surface area (Å²) in [7, 11) is -8.55. The van der Waals surface area contributed by atoms with Gasteiger partial charge in [0, 0.05) is 0 Å². The Balaban J connectivity index is 2.66. The molecule has 0 amide bonds. The molecular formula is C4H11NO6P2. The minimum atomic E-state index is -4.27. The van der Waals surface area contributed by atoms with Gasteiger partial charge in [0.2, 0.25) is 0 Å². The van der Waals surface area contributed by atoms with Crippen molar-refractivity contribution in [2.45, 2.75) is 24.4 Å². The molecule has 1 heterocycles. The van der Waals surface area contributed by atoms with Gasteiger partial charge >= 0.3 is 15.2 Å². The van der Waals surface area contributed by atoms with Crippen LogP contribution in [0.2, 0.25) is 0 Å². The van der Waals surface area contributed by atoms with Gasteiger partial charge in [-0.25, -0.2) is 0 Å². The Morgan fingerprint density at radius 1 is 0.923 bits per heavy atom. The first-order chi connectivity index (χ1) is 5.71. The SMILES string of the molecule is O=P(O)(O)C1CCC(P(=O)(O)O)N1. The summed E-state index contributed by atoms with van der Waals surface area (Å²) in [6.45, 7) is 0. The molecule has 1 saturated heterocycles. The van der Waals surface area contributed by atoms with Crippen molar-refractivity contribution < 1.29 is 28.7 Å². The molecule has 1 aliphatic heterocycles. The molecule has 9 heteroatoms. The van der Waals surface area contributed by atoms with E-state index in [4.69, 9.17) is 19.6 Å². The van der Waals surface area contributed by atoms with Crippen molar-refractivity contribution in [2.75, 3.05) is 0 Å². The molecule has 2 unspecified atom stereocenters. The van der Waals surface area contributed by atoms with Crippen LogP contribution in [0, 0.1) is 0 Å². The van der Waals surface area contributed by atoms with Crippen LogP contribution in [0.15, 0.2) is 0 Å². The fraction of sp³-hybridized carbons (Fsp3) is 1.00. The van der Waals surface area contributed by atoms with Crippen molar-refractivity contribution in [2.24, 2.45) is 0 Å². The number of nitrogens with one attached hydrogen (secondary N) is 1. The lowest BCUT2D eigenvalue weighted by Crippen LogP contribution is -2.29. The fourth-order valence-electron chi connectivity index (χ4n) is 1.24. The molecule has 0 saturated carbocycles. The maximum Gasteiger partial charge on any atom is 0.342 e. The first kappa shape index (κ1) is 11.3. The van der Waals surface area contributed by atoms with E-state index in [0.29, 0.717) is 0 Å². The zero-order valence-electron chi connectivity index (χ0n) is 6.57. The van der Waals surface area contributed by atoms with Gasteiger partial charge in [-0.2, -0.15) is 0 Å². The summed E-state index contributed by atoms with van der Waals surface area (Å²) >= 11 is 0. The zero-order chi connectivity index (χ0) is 10.3. The lowest BCUT2D eigenvalue weighted by Gasteiger charge is -2.15. The summed E-state index contributed by atoms with van der Waals surface area (Å²) in [6, 6.07) is 0. The fourth-order valence-corrected chi connectivity index (χ4v) is 3.07. The van der Waals surface area contributed by atoms with E-state index < -0.39 is 26.8 Å². The molecule has 0 radical (unpaired) electrons. The van der Waals surface area contributed by atoms with Crippen LogP contribution in [0.5, 0.6) is 0 Å². The highest BCUT2D eigenvalue weighted by atomic mass is 31.2. The Kier molecular flexibility index (Phi) is 3.00. The van der Waals surface area contributed by atoms with Crippen LogP contribution in [-0.2, 0) is 9.13 Å². The van der Waals surface area contributed by atoms with E-state index in [2.05, 4.69) is 5.32 Å². The van der Waals surface area contributed by atoms with Crippen molar-refractivity contribution in [1.82, 2.24) is 5.32 Å². The van der Waals surface area contributed by atoms with Gasteiger partial charge in [-0.05, 0) is 12.8 Å². The summed E-state index contributed by atoms with van der Waals surface area (Å²) in [5, 5.41) is 2.24. The highest BCUT2D eigenvalue weighted by Gasteiger charge is 2.42. The van der Waals surface area contributed by atoms with Crippen LogP contribution in [0.25, 0.3) is 0 Å². The Labute approximate surface area is 74.5 Å². The van der Waals surface area contributed by atoms with Crippen molar-refractivity contribution >= 4 is 15.2 Å². The molecule has 78 valence electrons. The van der Waals surface area contributed by atoms with Crippen LogP contribution in [0.4, 0.5) is 0 Å². The molecule has 0 spiro atoms. The molecule has 1 aliphatic rings. The summed E-state index contributed by atoms with van der Waals surface area (Å²) in [5.74, 6) is -2.24. The molecule has 2 atom stereocenters. The van der Waals surface area contributed by atoms with Crippen LogP contribution in [0.1, 0.15) is 12.8 Å². The average molecular weight is 231 g/mol. The first-order valence-corrected chi connectivity index (χ1v) is 6.94. The molecule has 0 aromatic rings. The van der Waals surface area contributed by atoms with Gasteiger partial charge in [-0.15, -0.1) is 0 Å². The average Bonchev–Trinajstić information content (AvgIpc) is 2.28. The number of rotatable bonds is 2. The maximum atomic E-state index is 10.7. The van der Waals surface area contributed by atoms with E-state index in [1.54, 1.807) is 0 Å². The molecule has 7 nitrogen and oxygen atoms in total. The minimum Gasteiger partial charge on any atom is -0.323 e. The van der Waals surface area contributed by atoms with Crippen LogP contribution in [0.3, 0.4) is 0 Å². The first-order valence-electron chi connectivity index (χ1n) is 3.58. The summed E-state index contributed by atoms with van der Waals surface area (Å²) in [4.78, 5) is 34.8. The lowest BCUT2D eigenvalue weighted by atomic mass is 10.4. The van der Waals surface area contributed by atoms with E-state index in [9.17, 15) is 9.13 Å². The summed E-state index contributed by atoms with van der Waals surface area (Å²) in [5.41, 5.74) is 0. The van der Waals surface area contributed by atoms with Gasteiger partial charge in [0.05, 0.1) is 0 Å². The maximum absolute atomic E-state index is 10.7. The van der Waals surface area contributed by atoms with Gasteiger partial charge in [-0.3, -0.25) is 14.4 Å². The molecule has 1 fully saturated rings. The van der Waals surface area contributed by atoms with Crippen LogP contribution in [-0.4, -0.2) is 31.1 Å². The quantitative estimate of drug-likeness (QED) is 0.400. The van der Waals surface area contributed by atoms with E-state index in [1.165, 1.54) is 0 Å². The lowest BCUT2D eigenvalue weighted by molar-refractivity contribution is 0.343. The second-order valence-corrected chi connectivity index (χ2v) is 6.56. The van der Waals surface area contributed by atoms with E-state index in [-0.39, 0.29) is 12.8 Å². The summed E-state index contributed by atoms with van der Waals surface area (Å²) < 4.78 is 21.4. The van der Waals surface area contributed by atoms with Crippen LogP contribution >= 0.6 is 15.2 Å². The van der Waals surface area contributed by atoms with E-state index in [0.717, 1.165) is 0 Å². The topological polar surface area (TPSA) is 127 Å². The molecule has 0 bridgehead atoms. The van der Waals surface area contributed by atoms with E-state index in [1.807, 2.05) is 0 Å². The van der Waals surface area contributed by atoms with E-state index >= 15 is 0 Å². The Morgan fingerprint density at radius 3 is 1.38 bits per heavy atom. The Hall–Kier alpha value is 0.260. The third-order valence-corrected chi connectivity index (χ3v) is 4.35. The molecule has 1 rings (SSSR count). The second-order valence-electron chi connectivity index (χ2n) is 2.95. The number of hydrogen-bond donors (Lipinski definition) is 5. The minimum absolute atomic E-state index is 0.0834. The predicted octanol–water partition coefficient (Wildman–Crippen LogP) is -0.623. The molecular weight excluding hydrogens is 220 g/mol. The molecule has 0 aromatic carbocycles. The standard InChI is InChI=1S/C4H11NO6P2/c6-12(7,8)3-1-2-4(5-3)13(9,10)11/h3-5H,1-2H2,(H2,6,7,8)(H2,9,10,11).